The zero-order valence-corrected chi connectivity index (χ0v) is 11.7. The minimum atomic E-state index is -1.09. The van der Waals surface area contributed by atoms with Gasteiger partial charge in [-0.2, -0.15) is 0 Å². The van der Waals surface area contributed by atoms with Crippen LogP contribution in [-0.4, -0.2) is 21.7 Å². The lowest BCUT2D eigenvalue weighted by Gasteiger charge is -2.16. The predicted octanol–water partition coefficient (Wildman–Crippen LogP) is 3.71. The second-order valence-electron chi connectivity index (χ2n) is 5.10. The Labute approximate surface area is 100 Å². The molecule has 0 spiro atoms. The van der Waals surface area contributed by atoms with Gasteiger partial charge in [-0.3, -0.25) is 0 Å². The van der Waals surface area contributed by atoms with E-state index >= 15 is 0 Å². The van der Waals surface area contributed by atoms with Gasteiger partial charge in [0.25, 0.3) is 0 Å². The number of nitrogens with zero attached hydrogens (tertiary/aromatic N) is 1. The minimum Gasteiger partial charge on any atom is -0.370 e. The molecule has 0 aromatic heterocycles. The van der Waals surface area contributed by atoms with Crippen molar-refractivity contribution in [3.05, 3.63) is 47.8 Å². The molecule has 2 heteroatoms. The molecule has 16 heavy (non-hydrogen) atoms. The summed E-state index contributed by atoms with van der Waals surface area (Å²) in [7, 11) is 1.00. The summed E-state index contributed by atoms with van der Waals surface area (Å²) in [6.45, 7) is 7.85. The van der Waals surface area contributed by atoms with Crippen molar-refractivity contribution in [2.45, 2.75) is 19.6 Å². The fourth-order valence-electron chi connectivity index (χ4n) is 1.29. The lowest BCUT2D eigenvalue weighted by atomic mass is 10.3. The van der Waals surface area contributed by atoms with Crippen molar-refractivity contribution in [1.29, 1.82) is 0 Å². The van der Waals surface area contributed by atoms with Crippen LogP contribution < -0.4 is 4.90 Å². The van der Waals surface area contributed by atoms with Crippen LogP contribution in [-0.2, 0) is 0 Å². The largest absolute Gasteiger partial charge is 0.370 e. The fraction of sp³-hybridized carbons (Fsp3) is 0.357. The molecule has 0 saturated heterocycles. The maximum absolute atomic E-state index is 3.30. The van der Waals surface area contributed by atoms with Gasteiger partial charge in [0.1, 0.15) is 0 Å². The van der Waals surface area contributed by atoms with E-state index in [4.69, 9.17) is 0 Å². The smallest absolute Gasteiger partial charge is 0.0781 e. The van der Waals surface area contributed by atoms with Gasteiger partial charge in [0.2, 0.25) is 0 Å². The number of hydrogen-bond donors (Lipinski definition) is 0. The van der Waals surface area contributed by atoms with Crippen LogP contribution in [0.25, 0.3) is 0 Å². The van der Waals surface area contributed by atoms with E-state index in [1.807, 2.05) is 6.07 Å². The monoisotopic (exact) mass is 231 g/mol. The zero-order chi connectivity index (χ0) is 12.0. The van der Waals surface area contributed by atoms with Gasteiger partial charge in [-0.1, -0.05) is 43.5 Å². The van der Waals surface area contributed by atoms with E-state index in [1.165, 1.54) is 5.69 Å². The van der Waals surface area contributed by atoms with Crippen LogP contribution >= 0.6 is 0 Å². The van der Waals surface area contributed by atoms with Gasteiger partial charge in [-0.25, -0.2) is 0 Å². The average Bonchev–Trinajstić information content (AvgIpc) is 2.24. The van der Waals surface area contributed by atoms with Gasteiger partial charge < -0.3 is 4.90 Å². The molecule has 1 aromatic carbocycles. The van der Waals surface area contributed by atoms with Crippen molar-refractivity contribution in [1.82, 2.24) is 0 Å². The molecule has 0 fully saturated rings. The van der Waals surface area contributed by atoms with Crippen LogP contribution in [0, 0.1) is 0 Å². The molecule has 0 heterocycles. The van der Waals surface area contributed by atoms with Crippen LogP contribution in [0.3, 0.4) is 0 Å². The molecule has 0 N–H and O–H groups in total. The Balaban J connectivity index is 2.54. The summed E-state index contributed by atoms with van der Waals surface area (Å²) < 4.78 is 0. The van der Waals surface area contributed by atoms with Crippen molar-refractivity contribution in [2.75, 3.05) is 18.5 Å². The molecule has 0 atom stereocenters. The van der Waals surface area contributed by atoms with Gasteiger partial charge in [0, 0.05) is 19.3 Å². The molecule has 0 bridgehead atoms. The number of rotatable bonds is 4. The standard InChI is InChI=1S/C14H21NSi/c1-15(14-10-6-5-7-11-14)12-8-9-13-16(2,3)4/h5-8,10-11,13H,12H2,1-4H3. The van der Waals surface area contributed by atoms with E-state index in [9.17, 15) is 0 Å². The van der Waals surface area contributed by atoms with Crippen molar-refractivity contribution in [3.8, 4) is 0 Å². The van der Waals surface area contributed by atoms with E-state index in [1.54, 1.807) is 0 Å². The van der Waals surface area contributed by atoms with Crippen molar-refractivity contribution < 1.29 is 0 Å². The number of anilines is 1. The van der Waals surface area contributed by atoms with Crippen LogP contribution in [0.1, 0.15) is 0 Å². The number of benzene rings is 1. The zero-order valence-electron chi connectivity index (χ0n) is 10.7. The summed E-state index contributed by atoms with van der Waals surface area (Å²) in [4.78, 5) is 2.21. The van der Waals surface area contributed by atoms with Gasteiger partial charge in [-0.05, 0) is 18.2 Å². The molecule has 1 rings (SSSR count). The maximum atomic E-state index is 3.30. The van der Waals surface area contributed by atoms with E-state index < -0.39 is 8.07 Å². The lowest BCUT2D eigenvalue weighted by molar-refractivity contribution is 1.03. The average molecular weight is 231 g/mol. The van der Waals surface area contributed by atoms with Crippen molar-refractivity contribution in [3.63, 3.8) is 0 Å². The molecular weight excluding hydrogens is 210 g/mol. The fourth-order valence-corrected chi connectivity index (χ4v) is 1.90. The van der Waals surface area contributed by atoms with Crippen LogP contribution in [0.2, 0.25) is 19.6 Å². The Morgan fingerprint density at radius 3 is 2.38 bits per heavy atom. The van der Waals surface area contributed by atoms with E-state index in [-0.39, 0.29) is 0 Å². The highest BCUT2D eigenvalue weighted by atomic mass is 28.3. The molecular formula is C14H21NSi. The maximum Gasteiger partial charge on any atom is 0.0781 e. The van der Waals surface area contributed by atoms with Gasteiger partial charge in [0.15, 0.2) is 0 Å². The molecule has 0 unspecified atom stereocenters. The first-order valence-electron chi connectivity index (χ1n) is 5.67. The molecule has 1 nitrogen and oxygen atoms in total. The van der Waals surface area contributed by atoms with Crippen molar-refractivity contribution >= 4 is 13.8 Å². The molecule has 0 amide bonds. The Hall–Kier alpha value is -1.24. The highest BCUT2D eigenvalue weighted by Gasteiger charge is 2.05. The Kier molecular flexibility index (Phi) is 4.60. The van der Waals surface area contributed by atoms with Crippen LogP contribution in [0.5, 0.6) is 0 Å². The number of hydrogen-bond acceptors (Lipinski definition) is 1. The molecule has 0 radical (unpaired) electrons. The van der Waals surface area contributed by atoms with Crippen LogP contribution in [0.4, 0.5) is 5.69 Å². The van der Waals surface area contributed by atoms with Gasteiger partial charge in [-0.15, -0.1) is 5.73 Å². The van der Waals surface area contributed by atoms with E-state index in [0.717, 1.165) is 6.54 Å². The predicted molar refractivity (Wildman–Crippen MR) is 75.7 cm³/mol. The normalized spacial score (nSPS) is 10.5. The van der Waals surface area contributed by atoms with E-state index in [0.29, 0.717) is 0 Å². The van der Waals surface area contributed by atoms with Crippen molar-refractivity contribution in [2.24, 2.45) is 0 Å². The molecule has 86 valence electrons. The second kappa shape index (κ2) is 5.74. The summed E-state index contributed by atoms with van der Waals surface area (Å²) >= 11 is 0. The third-order valence-corrected chi connectivity index (χ3v) is 3.23. The molecule has 0 aliphatic carbocycles. The first-order valence-corrected chi connectivity index (χ1v) is 9.25. The first-order chi connectivity index (χ1) is 7.49. The molecule has 1 aromatic rings. The van der Waals surface area contributed by atoms with Crippen LogP contribution in [0.15, 0.2) is 47.8 Å². The Morgan fingerprint density at radius 1 is 1.19 bits per heavy atom. The lowest BCUT2D eigenvalue weighted by Crippen LogP contribution is -2.17. The van der Waals surface area contributed by atoms with E-state index in [2.05, 4.69) is 73.4 Å². The summed E-state index contributed by atoms with van der Waals surface area (Å²) in [5, 5.41) is 0. The summed E-state index contributed by atoms with van der Waals surface area (Å²) in [5.41, 5.74) is 6.78. The number of para-hydroxylation sites is 1. The van der Waals surface area contributed by atoms with Gasteiger partial charge in [0.05, 0.1) is 8.07 Å². The highest BCUT2D eigenvalue weighted by molar-refractivity contribution is 6.80. The molecule has 0 aliphatic rings. The highest BCUT2D eigenvalue weighted by Crippen LogP contribution is 2.10. The Bertz CT molecular complexity index is 369. The summed E-state index contributed by atoms with van der Waals surface area (Å²) in [6.07, 6.45) is 2.10. The third kappa shape index (κ3) is 5.01. The Morgan fingerprint density at radius 2 is 1.81 bits per heavy atom. The van der Waals surface area contributed by atoms with Gasteiger partial charge >= 0.3 is 0 Å². The molecule has 0 saturated carbocycles. The molecule has 0 aliphatic heterocycles. The summed E-state index contributed by atoms with van der Waals surface area (Å²) in [5.74, 6) is 0. The quantitative estimate of drug-likeness (QED) is 0.564. The topological polar surface area (TPSA) is 3.24 Å². The second-order valence-corrected chi connectivity index (χ2v) is 10.1. The number of likely N-dealkylation sites (N-methyl/N-ethyl adjacent to an activating group) is 1. The minimum absolute atomic E-state index is 0.908. The SMILES string of the molecule is CN(CC=C=C[Si](C)(C)C)c1ccccc1. The first kappa shape index (κ1) is 12.8. The summed E-state index contributed by atoms with van der Waals surface area (Å²) in [6, 6.07) is 10.4. The third-order valence-electron chi connectivity index (χ3n) is 2.20.